The minimum absolute atomic E-state index is 0.0133. The van der Waals surface area contributed by atoms with E-state index in [1.807, 2.05) is 0 Å². The van der Waals surface area contributed by atoms with Crippen LogP contribution in [0.4, 0.5) is 0 Å². The quantitative estimate of drug-likeness (QED) is 0.772. The molecule has 0 aromatic heterocycles. The molecule has 5 atom stereocenters. The zero-order chi connectivity index (χ0) is 11.6. The lowest BCUT2D eigenvalue weighted by atomic mass is 9.48. The summed E-state index contributed by atoms with van der Waals surface area (Å²) in [5.74, 6) is 0.818. The lowest BCUT2D eigenvalue weighted by molar-refractivity contribution is -0.142. The van der Waals surface area contributed by atoms with Crippen LogP contribution in [-0.4, -0.2) is 20.2 Å². The van der Waals surface area contributed by atoms with Crippen molar-refractivity contribution in [1.29, 1.82) is 0 Å². The van der Waals surface area contributed by atoms with E-state index in [-0.39, 0.29) is 14.6 Å². The Kier molecular flexibility index (Phi) is 2.50. The van der Waals surface area contributed by atoms with E-state index in [2.05, 4.69) is 31.9 Å². The van der Waals surface area contributed by atoms with E-state index in [1.54, 1.807) is 0 Å². The number of carbonyl (C=O) groups is 1. The second kappa shape index (κ2) is 3.47. The van der Waals surface area contributed by atoms with Gasteiger partial charge in [0.2, 0.25) is 0 Å². The van der Waals surface area contributed by atoms with Crippen molar-refractivity contribution in [2.75, 3.05) is 0 Å². The molecule has 4 heteroatoms. The molecule has 4 bridgehead atoms. The van der Waals surface area contributed by atoms with Crippen LogP contribution in [0.3, 0.4) is 0 Å². The molecule has 2 nitrogen and oxygen atoms in total. The first-order valence-electron chi connectivity index (χ1n) is 5.98. The molecule has 0 radical (unpaired) electrons. The van der Waals surface area contributed by atoms with Crippen LogP contribution in [-0.2, 0) is 4.79 Å². The van der Waals surface area contributed by atoms with Crippen LogP contribution in [0.5, 0.6) is 0 Å². The molecule has 0 saturated heterocycles. The molecule has 1 N–H and O–H groups in total. The van der Waals surface area contributed by atoms with Gasteiger partial charge in [0.25, 0.3) is 0 Å². The van der Waals surface area contributed by atoms with Crippen molar-refractivity contribution in [3.8, 4) is 0 Å². The van der Waals surface area contributed by atoms with Gasteiger partial charge in [0.1, 0.15) is 4.83 Å². The number of aliphatic carboxylic acids is 1. The second-order valence-corrected chi connectivity index (χ2v) is 8.77. The largest absolute Gasteiger partial charge is 0.480 e. The fourth-order valence-corrected chi connectivity index (χ4v) is 6.79. The predicted molar refractivity (Wildman–Crippen MR) is 69.1 cm³/mol. The smallest absolute Gasteiger partial charge is 0.317 e. The van der Waals surface area contributed by atoms with Crippen molar-refractivity contribution >= 4 is 37.8 Å². The summed E-state index contributed by atoms with van der Waals surface area (Å²) in [6, 6.07) is 0. The molecule has 0 heterocycles. The Balaban J connectivity index is 1.94. The molecule has 0 aromatic rings. The molecular weight excluding hydrogens is 336 g/mol. The molecule has 0 aliphatic heterocycles. The molecule has 0 spiro atoms. The molecule has 0 aromatic carbocycles. The summed E-state index contributed by atoms with van der Waals surface area (Å²) in [6.07, 6.45) is 7.09. The number of rotatable bonds is 2. The van der Waals surface area contributed by atoms with Gasteiger partial charge in [-0.2, -0.15) is 0 Å². The van der Waals surface area contributed by atoms with Crippen LogP contribution in [0.1, 0.15) is 38.5 Å². The van der Waals surface area contributed by atoms with Crippen molar-refractivity contribution in [3.63, 3.8) is 0 Å². The second-order valence-electron chi connectivity index (χ2n) is 6.18. The molecule has 16 heavy (non-hydrogen) atoms. The fourth-order valence-electron chi connectivity index (χ4n) is 4.78. The Morgan fingerprint density at radius 2 is 1.81 bits per heavy atom. The van der Waals surface area contributed by atoms with Gasteiger partial charge in [0.15, 0.2) is 0 Å². The summed E-state index contributed by atoms with van der Waals surface area (Å²) >= 11 is 7.33. The summed E-state index contributed by atoms with van der Waals surface area (Å²) in [7, 11) is 0. The van der Waals surface area contributed by atoms with Crippen LogP contribution >= 0.6 is 31.9 Å². The summed E-state index contributed by atoms with van der Waals surface area (Å²) in [4.78, 5) is 10.9. The average Bonchev–Trinajstić information content (AvgIpc) is 2.12. The predicted octanol–water partition coefficient (Wildman–Crippen LogP) is 3.57. The van der Waals surface area contributed by atoms with Crippen molar-refractivity contribution in [2.24, 2.45) is 17.3 Å². The van der Waals surface area contributed by atoms with E-state index in [0.717, 1.165) is 31.1 Å². The van der Waals surface area contributed by atoms with E-state index in [4.69, 9.17) is 0 Å². The number of hydrogen-bond donors (Lipinski definition) is 1. The van der Waals surface area contributed by atoms with E-state index in [9.17, 15) is 9.90 Å². The van der Waals surface area contributed by atoms with Crippen molar-refractivity contribution in [2.45, 2.75) is 47.7 Å². The van der Waals surface area contributed by atoms with Crippen molar-refractivity contribution < 1.29 is 9.90 Å². The van der Waals surface area contributed by atoms with Gasteiger partial charge in [-0.1, -0.05) is 31.9 Å². The summed E-state index contributed by atoms with van der Waals surface area (Å²) < 4.78 is 0.249. The van der Waals surface area contributed by atoms with Crippen molar-refractivity contribution in [3.05, 3.63) is 0 Å². The van der Waals surface area contributed by atoms with Gasteiger partial charge in [0.05, 0.1) is 0 Å². The van der Waals surface area contributed by atoms with E-state index >= 15 is 0 Å². The Hall–Kier alpha value is 0.430. The van der Waals surface area contributed by atoms with Gasteiger partial charge in [-0.3, -0.25) is 4.79 Å². The standard InChI is InChI=1S/C12H16Br2O2/c13-9(10(15)16)11-2-7-1-8(3-11)5-12(14,4-7)6-11/h7-9H,1-6H2,(H,15,16)/t7-,8+,9?,11?,12?. The maximum absolute atomic E-state index is 11.3. The number of carboxylic acids is 1. The Bertz CT molecular complexity index is 328. The lowest BCUT2D eigenvalue weighted by Crippen LogP contribution is -2.57. The Labute approximate surface area is 112 Å². The minimum atomic E-state index is -0.682. The van der Waals surface area contributed by atoms with Gasteiger partial charge in [0, 0.05) is 4.32 Å². The first kappa shape index (κ1) is 11.5. The molecule has 4 saturated carbocycles. The van der Waals surface area contributed by atoms with Gasteiger partial charge >= 0.3 is 5.97 Å². The summed E-state index contributed by atoms with van der Waals surface area (Å²) in [5.41, 5.74) is 0.0133. The third kappa shape index (κ3) is 1.59. The Morgan fingerprint density at radius 3 is 2.25 bits per heavy atom. The molecule has 4 aliphatic rings. The van der Waals surface area contributed by atoms with Crippen LogP contribution in [0.25, 0.3) is 0 Å². The molecule has 3 unspecified atom stereocenters. The van der Waals surface area contributed by atoms with Crippen LogP contribution in [0.15, 0.2) is 0 Å². The van der Waals surface area contributed by atoms with E-state index in [1.165, 1.54) is 19.3 Å². The monoisotopic (exact) mass is 350 g/mol. The number of carboxylic acid groups (broad SMARTS) is 1. The van der Waals surface area contributed by atoms with Crippen LogP contribution in [0, 0.1) is 17.3 Å². The van der Waals surface area contributed by atoms with Gasteiger partial charge < -0.3 is 5.11 Å². The molecule has 4 rings (SSSR count). The third-order valence-electron chi connectivity index (χ3n) is 4.79. The SMILES string of the molecule is O=C(O)C(Br)C12C[C@@H]3C[C@@H](CC(Br)(C3)C1)C2. The topological polar surface area (TPSA) is 37.3 Å². The number of halogens is 2. The van der Waals surface area contributed by atoms with Crippen molar-refractivity contribution in [1.82, 2.24) is 0 Å². The molecule has 4 fully saturated rings. The third-order valence-corrected chi connectivity index (χ3v) is 7.08. The first-order chi connectivity index (χ1) is 7.42. The zero-order valence-electron chi connectivity index (χ0n) is 9.09. The summed E-state index contributed by atoms with van der Waals surface area (Å²) in [5, 5.41) is 9.26. The van der Waals surface area contributed by atoms with Crippen LogP contribution in [0.2, 0.25) is 0 Å². The maximum Gasteiger partial charge on any atom is 0.317 e. The zero-order valence-corrected chi connectivity index (χ0v) is 12.3. The highest BCUT2D eigenvalue weighted by atomic mass is 79.9. The highest BCUT2D eigenvalue weighted by Crippen LogP contribution is 2.66. The number of hydrogen-bond acceptors (Lipinski definition) is 1. The lowest BCUT2D eigenvalue weighted by Gasteiger charge is -2.61. The first-order valence-corrected chi connectivity index (χ1v) is 7.69. The molecule has 4 aliphatic carbocycles. The normalized spacial score (nSPS) is 51.6. The van der Waals surface area contributed by atoms with Gasteiger partial charge in [-0.15, -0.1) is 0 Å². The summed E-state index contributed by atoms with van der Waals surface area (Å²) in [6.45, 7) is 0. The van der Waals surface area contributed by atoms with Gasteiger partial charge in [-0.25, -0.2) is 0 Å². The highest BCUT2D eigenvalue weighted by molar-refractivity contribution is 9.10. The fraction of sp³-hybridized carbons (Fsp3) is 0.917. The maximum atomic E-state index is 11.3. The van der Waals surface area contributed by atoms with Crippen LogP contribution < -0.4 is 0 Å². The van der Waals surface area contributed by atoms with Gasteiger partial charge in [-0.05, 0) is 55.8 Å². The molecular formula is C12H16Br2O2. The average molecular weight is 352 g/mol. The Morgan fingerprint density at radius 1 is 1.25 bits per heavy atom. The van der Waals surface area contributed by atoms with E-state index in [0.29, 0.717) is 0 Å². The highest BCUT2D eigenvalue weighted by Gasteiger charge is 2.60. The molecule has 90 valence electrons. The molecule has 0 amide bonds. The van der Waals surface area contributed by atoms with E-state index < -0.39 is 5.97 Å². The minimum Gasteiger partial charge on any atom is -0.480 e. The number of alkyl halides is 2.